The van der Waals surface area contributed by atoms with Gasteiger partial charge >= 0.3 is 11.8 Å². The summed E-state index contributed by atoms with van der Waals surface area (Å²) in [5, 5.41) is 9.09. The predicted molar refractivity (Wildman–Crippen MR) is 149 cm³/mol. The highest BCUT2D eigenvalue weighted by molar-refractivity contribution is 6.39. The van der Waals surface area contributed by atoms with E-state index in [4.69, 9.17) is 14.2 Å². The van der Waals surface area contributed by atoms with Crippen molar-refractivity contribution in [3.8, 4) is 17.2 Å². The van der Waals surface area contributed by atoms with E-state index in [1.54, 1.807) is 72.8 Å². The average Bonchev–Trinajstić information content (AvgIpc) is 2.94. The van der Waals surface area contributed by atoms with E-state index in [0.717, 1.165) is 12.8 Å². The van der Waals surface area contributed by atoms with Crippen molar-refractivity contribution in [2.75, 3.05) is 30.5 Å². The predicted octanol–water partition coefficient (Wildman–Crippen LogP) is 4.37. The van der Waals surface area contributed by atoms with Crippen molar-refractivity contribution in [2.45, 2.75) is 26.7 Å². The van der Waals surface area contributed by atoms with Crippen LogP contribution in [-0.4, -0.2) is 43.8 Å². The highest BCUT2D eigenvalue weighted by atomic mass is 16.5. The summed E-state index contributed by atoms with van der Waals surface area (Å²) < 4.78 is 16.6. The Morgan fingerprint density at radius 3 is 2.08 bits per heavy atom. The second-order valence-electron chi connectivity index (χ2n) is 8.21. The highest BCUT2D eigenvalue weighted by Gasteiger charge is 2.13. The molecule has 0 aliphatic heterocycles. The van der Waals surface area contributed by atoms with Gasteiger partial charge < -0.3 is 24.8 Å². The molecule has 0 saturated carbocycles. The molecule has 204 valence electrons. The number of benzene rings is 3. The van der Waals surface area contributed by atoms with Gasteiger partial charge in [-0.15, -0.1) is 0 Å². The summed E-state index contributed by atoms with van der Waals surface area (Å²) in [6, 6.07) is 20.6. The van der Waals surface area contributed by atoms with Gasteiger partial charge in [0, 0.05) is 16.9 Å². The molecule has 39 heavy (non-hydrogen) atoms. The smallest absolute Gasteiger partial charge is 0.329 e. The van der Waals surface area contributed by atoms with Crippen LogP contribution >= 0.6 is 0 Å². The largest absolute Gasteiger partial charge is 0.494 e. The normalized spacial score (nSPS) is 10.5. The molecule has 10 nitrogen and oxygen atoms in total. The Morgan fingerprint density at radius 1 is 0.769 bits per heavy atom. The zero-order chi connectivity index (χ0) is 27.9. The number of nitrogens with zero attached hydrogens (tertiary/aromatic N) is 1. The van der Waals surface area contributed by atoms with Gasteiger partial charge in [-0.05, 0) is 74.0 Å². The van der Waals surface area contributed by atoms with Crippen LogP contribution in [0.4, 0.5) is 11.4 Å². The van der Waals surface area contributed by atoms with Crippen LogP contribution in [0.25, 0.3) is 0 Å². The lowest BCUT2D eigenvalue weighted by Crippen LogP contribution is -2.32. The van der Waals surface area contributed by atoms with Crippen molar-refractivity contribution in [3.63, 3.8) is 0 Å². The molecular formula is C29H32N4O6. The van der Waals surface area contributed by atoms with E-state index >= 15 is 0 Å². The Kier molecular flexibility index (Phi) is 11.3. The van der Waals surface area contributed by atoms with Crippen LogP contribution in [0.5, 0.6) is 17.2 Å². The Hall–Kier alpha value is -4.86. The maximum absolute atomic E-state index is 12.3. The average molecular weight is 533 g/mol. The van der Waals surface area contributed by atoms with Gasteiger partial charge in [-0.1, -0.05) is 25.5 Å². The fourth-order valence-electron chi connectivity index (χ4n) is 3.23. The van der Waals surface area contributed by atoms with Gasteiger partial charge in [-0.3, -0.25) is 14.4 Å². The topological polar surface area (TPSA) is 127 Å². The molecule has 3 aromatic carbocycles. The van der Waals surface area contributed by atoms with E-state index in [1.807, 2.05) is 6.92 Å². The third-order valence-electron chi connectivity index (χ3n) is 5.18. The molecule has 0 spiro atoms. The van der Waals surface area contributed by atoms with Crippen LogP contribution in [0.15, 0.2) is 77.9 Å². The van der Waals surface area contributed by atoms with Crippen molar-refractivity contribution >= 4 is 35.3 Å². The molecule has 0 fully saturated rings. The Balaban J connectivity index is 1.47. The fraction of sp³-hybridized carbons (Fsp3) is 0.241. The van der Waals surface area contributed by atoms with Crippen molar-refractivity contribution in [1.82, 2.24) is 5.43 Å². The summed E-state index contributed by atoms with van der Waals surface area (Å²) in [5.74, 6) is -0.388. The summed E-state index contributed by atoms with van der Waals surface area (Å²) >= 11 is 0. The molecule has 0 unspecified atom stereocenters. The highest BCUT2D eigenvalue weighted by Crippen LogP contribution is 2.18. The molecule has 0 bridgehead atoms. The minimum Gasteiger partial charge on any atom is -0.494 e. The number of para-hydroxylation sites is 1. The molecule has 3 aromatic rings. The number of nitrogens with one attached hydrogen (secondary N) is 3. The lowest BCUT2D eigenvalue weighted by atomic mass is 10.2. The first-order chi connectivity index (χ1) is 19.0. The molecule has 3 rings (SSSR count). The number of hydrazone groups is 1. The van der Waals surface area contributed by atoms with Crippen molar-refractivity contribution < 1.29 is 28.6 Å². The molecule has 3 amide bonds. The third-order valence-corrected chi connectivity index (χ3v) is 5.18. The summed E-state index contributed by atoms with van der Waals surface area (Å²) in [6.07, 6.45) is 3.32. The maximum atomic E-state index is 12.3. The number of rotatable bonds is 13. The van der Waals surface area contributed by atoms with E-state index in [9.17, 15) is 14.4 Å². The minimum atomic E-state index is -0.942. The SMILES string of the molecule is CCCCOc1ccc(NC(=O)C(=O)N/N=C\c2ccccc2OCC(=O)Nc2ccc(OCC)cc2)cc1. The van der Waals surface area contributed by atoms with Gasteiger partial charge in [0.1, 0.15) is 17.2 Å². The molecule has 10 heteroatoms. The first-order valence-corrected chi connectivity index (χ1v) is 12.6. The zero-order valence-corrected chi connectivity index (χ0v) is 21.9. The molecule has 0 saturated heterocycles. The Bertz CT molecular complexity index is 1260. The molecular weight excluding hydrogens is 500 g/mol. The van der Waals surface area contributed by atoms with Crippen LogP contribution in [0, 0.1) is 0 Å². The van der Waals surface area contributed by atoms with Crippen LogP contribution in [0.3, 0.4) is 0 Å². The summed E-state index contributed by atoms with van der Waals surface area (Å²) in [5.41, 5.74) is 3.75. The summed E-state index contributed by atoms with van der Waals surface area (Å²) in [4.78, 5) is 36.7. The van der Waals surface area contributed by atoms with E-state index in [1.165, 1.54) is 6.21 Å². The molecule has 0 heterocycles. The fourth-order valence-corrected chi connectivity index (χ4v) is 3.23. The minimum absolute atomic E-state index is 0.241. The molecule has 0 aliphatic carbocycles. The summed E-state index contributed by atoms with van der Waals surface area (Å²) in [7, 11) is 0. The van der Waals surface area contributed by atoms with Gasteiger partial charge in [0.05, 0.1) is 19.4 Å². The lowest BCUT2D eigenvalue weighted by molar-refractivity contribution is -0.136. The van der Waals surface area contributed by atoms with Crippen molar-refractivity contribution in [1.29, 1.82) is 0 Å². The van der Waals surface area contributed by atoms with Gasteiger partial charge in [0.15, 0.2) is 6.61 Å². The Morgan fingerprint density at radius 2 is 1.41 bits per heavy atom. The van der Waals surface area contributed by atoms with Crippen LogP contribution in [-0.2, 0) is 14.4 Å². The van der Waals surface area contributed by atoms with Gasteiger partial charge in [0.2, 0.25) is 0 Å². The van der Waals surface area contributed by atoms with Crippen LogP contribution < -0.4 is 30.3 Å². The molecule has 3 N–H and O–H groups in total. The number of carbonyl (C=O) groups is 3. The molecule has 0 aromatic heterocycles. The number of unbranched alkanes of at least 4 members (excludes halogenated alkanes) is 1. The van der Waals surface area contributed by atoms with E-state index in [0.29, 0.717) is 47.4 Å². The number of carbonyl (C=O) groups excluding carboxylic acids is 3. The quantitative estimate of drug-likeness (QED) is 0.130. The number of hydrogen-bond donors (Lipinski definition) is 3. The lowest BCUT2D eigenvalue weighted by Gasteiger charge is -2.10. The van der Waals surface area contributed by atoms with Gasteiger partial charge in [-0.2, -0.15) is 5.10 Å². The number of anilines is 2. The first-order valence-electron chi connectivity index (χ1n) is 12.6. The molecule has 0 radical (unpaired) electrons. The van der Waals surface area contributed by atoms with Crippen LogP contribution in [0.1, 0.15) is 32.3 Å². The maximum Gasteiger partial charge on any atom is 0.329 e. The van der Waals surface area contributed by atoms with E-state index in [2.05, 4.69) is 28.1 Å². The van der Waals surface area contributed by atoms with E-state index in [-0.39, 0.29) is 12.5 Å². The van der Waals surface area contributed by atoms with Crippen LogP contribution in [0.2, 0.25) is 0 Å². The monoisotopic (exact) mass is 532 g/mol. The van der Waals surface area contributed by atoms with Crippen molar-refractivity contribution in [3.05, 3.63) is 78.4 Å². The zero-order valence-electron chi connectivity index (χ0n) is 21.9. The number of ether oxygens (including phenoxy) is 3. The third kappa shape index (κ3) is 9.84. The van der Waals surface area contributed by atoms with Gasteiger partial charge in [0.25, 0.3) is 5.91 Å². The standard InChI is InChI=1S/C29H32N4O6/c1-3-5-18-38-25-16-12-23(13-17-25)32-28(35)29(36)33-30-19-21-8-6-7-9-26(21)39-20-27(34)31-22-10-14-24(15-11-22)37-4-2/h6-17,19H,3-5,18,20H2,1-2H3,(H,31,34)(H,32,35)(H,33,36)/b30-19-. The second kappa shape index (κ2) is 15.4. The van der Waals surface area contributed by atoms with E-state index < -0.39 is 11.8 Å². The molecule has 0 aliphatic rings. The number of amides is 3. The van der Waals surface area contributed by atoms with Crippen molar-refractivity contribution in [2.24, 2.45) is 5.10 Å². The summed E-state index contributed by atoms with van der Waals surface area (Å²) in [6.45, 7) is 4.91. The number of hydrogen-bond acceptors (Lipinski definition) is 7. The first kappa shape index (κ1) is 28.7. The van der Waals surface area contributed by atoms with Gasteiger partial charge in [-0.25, -0.2) is 5.43 Å². The second-order valence-corrected chi connectivity index (χ2v) is 8.21. The Labute approximate surface area is 227 Å². The molecule has 0 atom stereocenters.